The lowest BCUT2D eigenvalue weighted by molar-refractivity contribution is -0.728. The van der Waals surface area contributed by atoms with Crippen molar-refractivity contribution in [3.63, 3.8) is 0 Å². The number of rotatable bonds is 3. The van der Waals surface area contributed by atoms with Gasteiger partial charge < -0.3 is 10.3 Å². The Balaban J connectivity index is 1.64. The molecule has 3 N–H and O–H groups in total. The summed E-state index contributed by atoms with van der Waals surface area (Å²) in [5, 5.41) is 3.29. The smallest absolute Gasteiger partial charge is 0.260 e. The van der Waals surface area contributed by atoms with Crippen molar-refractivity contribution in [1.29, 1.82) is 0 Å². The van der Waals surface area contributed by atoms with Gasteiger partial charge in [0.05, 0.1) is 11.4 Å². The summed E-state index contributed by atoms with van der Waals surface area (Å²) in [5.74, 6) is 1.58. The number of fused-ring (bicyclic) bond motifs is 3. The molecule has 1 fully saturated rings. The first-order chi connectivity index (χ1) is 11.6. The van der Waals surface area contributed by atoms with E-state index in [0.717, 1.165) is 34.8 Å². The van der Waals surface area contributed by atoms with Crippen LogP contribution in [0, 0.1) is 5.92 Å². The largest absolute Gasteiger partial charge is 0.335 e. The molecular weight excluding hydrogens is 318 g/mol. The van der Waals surface area contributed by atoms with Crippen LogP contribution in [0.15, 0.2) is 4.79 Å². The molecule has 2 aromatic rings. The molecule has 0 radical (unpaired) electrons. The second kappa shape index (κ2) is 6.60. The number of aromatic amines is 1. The van der Waals surface area contributed by atoms with Gasteiger partial charge in [-0.25, -0.2) is 4.98 Å². The number of H-pyrrole nitrogens is 1. The topological polar surface area (TPSA) is 62.4 Å². The molecule has 130 valence electrons. The Morgan fingerprint density at radius 2 is 2.04 bits per heavy atom. The van der Waals surface area contributed by atoms with Crippen molar-refractivity contribution < 1.29 is 5.32 Å². The summed E-state index contributed by atoms with van der Waals surface area (Å²) in [6.07, 6.45) is 9.97. The van der Waals surface area contributed by atoms with Crippen LogP contribution in [0.3, 0.4) is 0 Å². The minimum absolute atomic E-state index is 0.0750. The minimum atomic E-state index is 0.0750. The van der Waals surface area contributed by atoms with Gasteiger partial charge in [0.1, 0.15) is 10.9 Å². The van der Waals surface area contributed by atoms with E-state index < -0.39 is 0 Å². The predicted octanol–water partition coefficient (Wildman–Crippen LogP) is 3.07. The van der Waals surface area contributed by atoms with E-state index in [9.17, 15) is 4.79 Å². The molecule has 0 aromatic carbocycles. The van der Waals surface area contributed by atoms with E-state index in [-0.39, 0.29) is 11.6 Å². The first-order valence-corrected chi connectivity index (χ1v) is 10.3. The van der Waals surface area contributed by atoms with Crippen molar-refractivity contribution >= 4 is 21.6 Å². The van der Waals surface area contributed by atoms with Crippen molar-refractivity contribution in [1.82, 2.24) is 9.97 Å². The molecule has 5 heteroatoms. The zero-order valence-electron chi connectivity index (χ0n) is 14.7. The number of hydrogen-bond donors (Lipinski definition) is 2. The van der Waals surface area contributed by atoms with E-state index in [1.165, 1.54) is 49.0 Å². The van der Waals surface area contributed by atoms with Gasteiger partial charge in [-0.2, -0.15) is 0 Å². The molecule has 0 spiro atoms. The third-order valence-electron chi connectivity index (χ3n) is 5.83. The van der Waals surface area contributed by atoms with Gasteiger partial charge in [-0.05, 0) is 63.4 Å². The van der Waals surface area contributed by atoms with Gasteiger partial charge in [0.25, 0.3) is 5.56 Å². The van der Waals surface area contributed by atoms with Gasteiger partial charge in [0.2, 0.25) is 0 Å². The number of nitrogens with zero attached hydrogens (tertiary/aromatic N) is 1. The zero-order valence-corrected chi connectivity index (χ0v) is 15.5. The summed E-state index contributed by atoms with van der Waals surface area (Å²) in [6.45, 7) is 4.48. The number of quaternary nitrogens is 1. The molecule has 0 bridgehead atoms. The zero-order chi connectivity index (χ0) is 16.7. The molecule has 24 heavy (non-hydrogen) atoms. The van der Waals surface area contributed by atoms with E-state index in [1.807, 2.05) is 0 Å². The Hall–Kier alpha value is -1.20. The predicted molar refractivity (Wildman–Crippen MR) is 98.6 cm³/mol. The summed E-state index contributed by atoms with van der Waals surface area (Å²) in [6, 6.07) is 0.912. The highest BCUT2D eigenvalue weighted by Crippen LogP contribution is 2.35. The van der Waals surface area contributed by atoms with Crippen LogP contribution in [-0.2, 0) is 12.8 Å². The molecule has 0 amide bonds. The summed E-state index contributed by atoms with van der Waals surface area (Å²) >= 11 is 1.75. The van der Waals surface area contributed by atoms with Crippen molar-refractivity contribution in [2.24, 2.45) is 5.92 Å². The van der Waals surface area contributed by atoms with Crippen LogP contribution in [0.25, 0.3) is 10.2 Å². The molecule has 2 aliphatic carbocycles. The Morgan fingerprint density at radius 3 is 2.83 bits per heavy atom. The first-order valence-electron chi connectivity index (χ1n) is 9.51. The standard InChI is InChI=1S/C19H27N3OS/c1-11-8-9-14-15(10-11)24-19-16(14)18(23)21-17(22-19)12(2)20-13-6-4-3-5-7-13/h11-13,20H,3-10H2,1-2H3,(H,21,22,23)/p+1/t11-,12+/m1/s1. The molecule has 4 nitrogen and oxygen atoms in total. The van der Waals surface area contributed by atoms with Crippen LogP contribution in [0.4, 0.5) is 0 Å². The number of aryl methyl sites for hydroxylation is 1. The van der Waals surface area contributed by atoms with E-state index in [2.05, 4.69) is 24.1 Å². The first kappa shape index (κ1) is 16.3. The molecular formula is C19H28N3OS+. The molecule has 0 aliphatic heterocycles. The number of nitrogens with two attached hydrogens (primary N) is 1. The van der Waals surface area contributed by atoms with Gasteiger partial charge in [0, 0.05) is 4.88 Å². The molecule has 0 saturated heterocycles. The van der Waals surface area contributed by atoms with Crippen LogP contribution < -0.4 is 10.9 Å². The summed E-state index contributed by atoms with van der Waals surface area (Å²) in [4.78, 5) is 23.0. The number of hydrogen-bond acceptors (Lipinski definition) is 3. The monoisotopic (exact) mass is 346 g/mol. The van der Waals surface area contributed by atoms with Gasteiger partial charge in [-0.15, -0.1) is 11.3 Å². The Labute approximate surface area is 147 Å². The SMILES string of the molecule is C[C@@H]1CCc2c(sc3nc([C@H](C)[NH2+]C4CCCCC4)[nH]c(=O)c23)C1. The average molecular weight is 347 g/mol. The number of aromatic nitrogens is 2. The van der Waals surface area contributed by atoms with Gasteiger partial charge in [-0.1, -0.05) is 13.3 Å². The van der Waals surface area contributed by atoms with E-state index in [1.54, 1.807) is 11.3 Å². The van der Waals surface area contributed by atoms with Crippen molar-refractivity contribution in [3.8, 4) is 0 Å². The Kier molecular flexibility index (Phi) is 4.48. The normalized spacial score (nSPS) is 23.3. The molecule has 2 aliphatic rings. The highest BCUT2D eigenvalue weighted by molar-refractivity contribution is 7.18. The minimum Gasteiger partial charge on any atom is -0.335 e. The molecule has 2 aromatic heterocycles. The second-order valence-electron chi connectivity index (χ2n) is 7.86. The van der Waals surface area contributed by atoms with Crippen molar-refractivity contribution in [3.05, 3.63) is 26.6 Å². The van der Waals surface area contributed by atoms with Crippen LogP contribution >= 0.6 is 11.3 Å². The van der Waals surface area contributed by atoms with E-state index >= 15 is 0 Å². The third-order valence-corrected chi connectivity index (χ3v) is 6.97. The molecule has 0 unspecified atom stereocenters. The maximum Gasteiger partial charge on any atom is 0.260 e. The summed E-state index contributed by atoms with van der Waals surface area (Å²) in [5.41, 5.74) is 1.35. The maximum absolute atomic E-state index is 12.7. The quantitative estimate of drug-likeness (QED) is 0.897. The highest BCUT2D eigenvalue weighted by atomic mass is 32.1. The van der Waals surface area contributed by atoms with Gasteiger partial charge in [0.15, 0.2) is 5.82 Å². The van der Waals surface area contributed by atoms with Gasteiger partial charge >= 0.3 is 0 Å². The fourth-order valence-corrected chi connectivity index (χ4v) is 5.80. The van der Waals surface area contributed by atoms with Crippen LogP contribution in [-0.4, -0.2) is 16.0 Å². The summed E-state index contributed by atoms with van der Waals surface area (Å²) < 4.78 is 0. The molecule has 4 rings (SSSR count). The average Bonchev–Trinajstić information content (AvgIpc) is 2.93. The lowest BCUT2D eigenvalue weighted by Crippen LogP contribution is -2.90. The van der Waals surface area contributed by atoms with Crippen LogP contribution in [0.5, 0.6) is 0 Å². The van der Waals surface area contributed by atoms with Crippen molar-refractivity contribution in [2.75, 3.05) is 0 Å². The van der Waals surface area contributed by atoms with Crippen LogP contribution in [0.2, 0.25) is 0 Å². The molecule has 2 heterocycles. The fraction of sp³-hybridized carbons (Fsp3) is 0.684. The van der Waals surface area contributed by atoms with E-state index in [0.29, 0.717) is 6.04 Å². The molecule has 1 saturated carbocycles. The lowest BCUT2D eigenvalue weighted by Gasteiger charge is -2.23. The lowest BCUT2D eigenvalue weighted by atomic mass is 9.89. The highest BCUT2D eigenvalue weighted by Gasteiger charge is 2.25. The number of nitrogens with one attached hydrogen (secondary N) is 1. The fourth-order valence-electron chi connectivity index (χ4n) is 4.41. The van der Waals surface area contributed by atoms with Gasteiger partial charge in [-0.3, -0.25) is 4.79 Å². The second-order valence-corrected chi connectivity index (χ2v) is 8.95. The number of thiophene rings is 1. The molecule has 2 atom stereocenters. The Bertz CT molecular complexity index is 788. The maximum atomic E-state index is 12.7. The Morgan fingerprint density at radius 1 is 1.25 bits per heavy atom. The van der Waals surface area contributed by atoms with Crippen LogP contribution in [0.1, 0.15) is 74.7 Å². The third kappa shape index (κ3) is 3.04. The van der Waals surface area contributed by atoms with Crippen molar-refractivity contribution in [2.45, 2.75) is 77.3 Å². The van der Waals surface area contributed by atoms with E-state index in [4.69, 9.17) is 4.98 Å². The summed E-state index contributed by atoms with van der Waals surface area (Å²) in [7, 11) is 0.